The van der Waals surface area contributed by atoms with Crippen LogP contribution in [0, 0.1) is 6.92 Å². The number of aromatic amines is 1. The van der Waals surface area contributed by atoms with Crippen molar-refractivity contribution in [2.24, 2.45) is 0 Å². The quantitative estimate of drug-likeness (QED) is 0.788. The van der Waals surface area contributed by atoms with Gasteiger partial charge in [0.15, 0.2) is 0 Å². The van der Waals surface area contributed by atoms with Crippen LogP contribution in [0.4, 0.5) is 0 Å². The van der Waals surface area contributed by atoms with Gasteiger partial charge in [-0.15, -0.1) is 0 Å². The summed E-state index contributed by atoms with van der Waals surface area (Å²) < 4.78 is 9.91. The second-order valence-electron chi connectivity index (χ2n) is 3.61. The summed E-state index contributed by atoms with van der Waals surface area (Å²) in [6, 6.07) is 5.66. The molecule has 0 saturated heterocycles. The van der Waals surface area contributed by atoms with Crippen molar-refractivity contribution in [3.63, 3.8) is 0 Å². The molecule has 0 radical (unpaired) electrons. The van der Waals surface area contributed by atoms with E-state index in [-0.39, 0.29) is 5.97 Å². The zero-order valence-electron chi connectivity index (χ0n) is 9.46. The molecule has 84 valence electrons. The normalized spacial score (nSPS) is 10.4. The molecule has 1 aromatic carbocycles. The predicted octanol–water partition coefficient (Wildman–Crippen LogP) is 2.27. The van der Waals surface area contributed by atoms with E-state index in [4.69, 9.17) is 4.74 Å². The molecule has 4 heteroatoms. The number of benzene rings is 1. The maximum Gasteiger partial charge on any atom is 0.354 e. The van der Waals surface area contributed by atoms with Gasteiger partial charge >= 0.3 is 5.97 Å². The number of aromatic nitrogens is 1. The average molecular weight is 219 g/mol. The number of carbonyl (C=O) groups excluding carboxylic acids is 1. The van der Waals surface area contributed by atoms with Crippen molar-refractivity contribution in [2.75, 3.05) is 14.2 Å². The predicted molar refractivity (Wildman–Crippen MR) is 60.9 cm³/mol. The molecule has 0 amide bonds. The van der Waals surface area contributed by atoms with Gasteiger partial charge in [0.05, 0.1) is 19.7 Å². The number of esters is 1. The Kier molecular flexibility index (Phi) is 2.56. The van der Waals surface area contributed by atoms with Crippen LogP contribution >= 0.6 is 0 Å². The summed E-state index contributed by atoms with van der Waals surface area (Å²) in [6.45, 7) is 1.98. The lowest BCUT2D eigenvalue weighted by Crippen LogP contribution is -2.00. The van der Waals surface area contributed by atoms with Crippen LogP contribution in [0.3, 0.4) is 0 Å². The van der Waals surface area contributed by atoms with Crippen LogP contribution in [0.15, 0.2) is 18.2 Å². The second-order valence-corrected chi connectivity index (χ2v) is 3.61. The average Bonchev–Trinajstić information content (AvgIpc) is 2.70. The molecule has 16 heavy (non-hydrogen) atoms. The van der Waals surface area contributed by atoms with E-state index < -0.39 is 0 Å². The van der Waals surface area contributed by atoms with Crippen LogP contribution in [0.2, 0.25) is 0 Å². The number of hydrogen-bond acceptors (Lipinski definition) is 3. The number of rotatable bonds is 2. The van der Waals surface area contributed by atoms with Crippen LogP contribution in [0.5, 0.6) is 5.75 Å². The standard InChI is InChI=1S/C12H13NO3/c1-7-4-8-6-9(12(14)16-3)13-11(8)10(5-7)15-2/h4-6,13H,1-3H3. The number of nitrogens with one attached hydrogen (secondary N) is 1. The second kappa shape index (κ2) is 3.89. The van der Waals surface area contributed by atoms with Crippen molar-refractivity contribution in [1.82, 2.24) is 4.98 Å². The zero-order chi connectivity index (χ0) is 11.7. The van der Waals surface area contributed by atoms with Crippen molar-refractivity contribution in [3.05, 3.63) is 29.5 Å². The first-order chi connectivity index (χ1) is 7.65. The van der Waals surface area contributed by atoms with Gasteiger partial charge < -0.3 is 14.5 Å². The summed E-state index contributed by atoms with van der Waals surface area (Å²) >= 11 is 0. The van der Waals surface area contributed by atoms with E-state index in [9.17, 15) is 4.79 Å². The Balaban J connectivity index is 2.64. The highest BCUT2D eigenvalue weighted by Gasteiger charge is 2.12. The van der Waals surface area contributed by atoms with Crippen LogP contribution in [0.25, 0.3) is 10.9 Å². The molecule has 1 heterocycles. The monoisotopic (exact) mass is 219 g/mol. The molecule has 0 aliphatic rings. The zero-order valence-corrected chi connectivity index (χ0v) is 9.46. The Morgan fingerprint density at radius 1 is 1.25 bits per heavy atom. The van der Waals surface area contributed by atoms with E-state index in [0.29, 0.717) is 5.69 Å². The Labute approximate surface area is 93.2 Å². The number of methoxy groups -OCH3 is 2. The maximum atomic E-state index is 11.4. The number of fused-ring (bicyclic) bond motifs is 1. The molecule has 0 spiro atoms. The van der Waals surface area contributed by atoms with Gasteiger partial charge in [0.2, 0.25) is 0 Å². The van der Waals surface area contributed by atoms with Crippen molar-refractivity contribution >= 4 is 16.9 Å². The first kappa shape index (κ1) is 10.5. The molecule has 0 saturated carbocycles. The third-order valence-corrected chi connectivity index (χ3v) is 2.46. The third-order valence-electron chi connectivity index (χ3n) is 2.46. The highest BCUT2D eigenvalue weighted by atomic mass is 16.5. The fraction of sp³-hybridized carbons (Fsp3) is 0.250. The first-order valence-electron chi connectivity index (χ1n) is 4.91. The lowest BCUT2D eigenvalue weighted by atomic mass is 10.1. The van der Waals surface area contributed by atoms with Gasteiger partial charge in [-0.1, -0.05) is 0 Å². The summed E-state index contributed by atoms with van der Waals surface area (Å²) in [5.74, 6) is 0.348. The fourth-order valence-corrected chi connectivity index (χ4v) is 1.74. The molecule has 0 atom stereocenters. The number of hydrogen-bond donors (Lipinski definition) is 1. The van der Waals surface area contributed by atoms with Crippen LogP contribution in [0.1, 0.15) is 16.1 Å². The minimum Gasteiger partial charge on any atom is -0.495 e. The van der Waals surface area contributed by atoms with E-state index in [1.807, 2.05) is 19.1 Å². The van der Waals surface area contributed by atoms with Gasteiger partial charge in [-0.3, -0.25) is 0 Å². The van der Waals surface area contributed by atoms with Crippen LogP contribution in [-0.2, 0) is 4.74 Å². The molecular formula is C12H13NO3. The lowest BCUT2D eigenvalue weighted by Gasteiger charge is -2.02. The topological polar surface area (TPSA) is 51.3 Å². The van der Waals surface area contributed by atoms with Crippen molar-refractivity contribution < 1.29 is 14.3 Å². The largest absolute Gasteiger partial charge is 0.495 e. The Bertz CT molecular complexity index is 542. The number of aryl methyl sites for hydroxylation is 1. The molecule has 0 bridgehead atoms. The van der Waals surface area contributed by atoms with Gasteiger partial charge in [-0.25, -0.2) is 4.79 Å². The first-order valence-corrected chi connectivity index (χ1v) is 4.91. The molecule has 4 nitrogen and oxygen atoms in total. The van der Waals surface area contributed by atoms with Gasteiger partial charge in [-0.05, 0) is 30.7 Å². The van der Waals surface area contributed by atoms with E-state index in [2.05, 4.69) is 9.72 Å². The highest BCUT2D eigenvalue weighted by Crippen LogP contribution is 2.27. The van der Waals surface area contributed by atoms with E-state index >= 15 is 0 Å². The highest BCUT2D eigenvalue weighted by molar-refractivity contribution is 5.96. The van der Waals surface area contributed by atoms with E-state index in [1.165, 1.54) is 7.11 Å². The number of H-pyrrole nitrogens is 1. The molecule has 2 rings (SSSR count). The van der Waals surface area contributed by atoms with Crippen molar-refractivity contribution in [2.45, 2.75) is 6.92 Å². The minimum absolute atomic E-state index is 0.379. The molecule has 0 unspecified atom stereocenters. The van der Waals surface area contributed by atoms with E-state index in [0.717, 1.165) is 22.2 Å². The Morgan fingerprint density at radius 3 is 2.62 bits per heavy atom. The Hall–Kier alpha value is -1.97. The molecule has 0 fully saturated rings. The van der Waals surface area contributed by atoms with Gasteiger partial charge in [0.1, 0.15) is 11.4 Å². The van der Waals surface area contributed by atoms with Gasteiger partial charge in [-0.2, -0.15) is 0 Å². The smallest absolute Gasteiger partial charge is 0.354 e. The molecule has 0 aliphatic heterocycles. The van der Waals surface area contributed by atoms with Gasteiger partial charge in [0.25, 0.3) is 0 Å². The molecule has 0 aliphatic carbocycles. The minimum atomic E-state index is -0.379. The molecular weight excluding hydrogens is 206 g/mol. The molecule has 1 aromatic heterocycles. The van der Waals surface area contributed by atoms with Gasteiger partial charge in [0, 0.05) is 5.39 Å². The number of ether oxygens (including phenoxy) is 2. The van der Waals surface area contributed by atoms with Crippen molar-refractivity contribution in [1.29, 1.82) is 0 Å². The van der Waals surface area contributed by atoms with Crippen LogP contribution in [-0.4, -0.2) is 25.2 Å². The fourth-order valence-electron chi connectivity index (χ4n) is 1.74. The van der Waals surface area contributed by atoms with Crippen LogP contribution < -0.4 is 4.74 Å². The SMILES string of the molecule is COC(=O)c1cc2cc(C)cc(OC)c2[nH]1. The molecule has 1 N–H and O–H groups in total. The summed E-state index contributed by atoms with van der Waals surface area (Å²) in [7, 11) is 2.96. The summed E-state index contributed by atoms with van der Waals surface area (Å²) in [4.78, 5) is 14.4. The lowest BCUT2D eigenvalue weighted by molar-refractivity contribution is 0.0595. The third kappa shape index (κ3) is 1.62. The van der Waals surface area contributed by atoms with Crippen molar-refractivity contribution in [3.8, 4) is 5.75 Å². The summed E-state index contributed by atoms with van der Waals surface area (Å²) in [5.41, 5.74) is 2.33. The maximum absolute atomic E-state index is 11.4. The summed E-state index contributed by atoms with van der Waals surface area (Å²) in [6.07, 6.45) is 0. The number of carbonyl (C=O) groups is 1. The Morgan fingerprint density at radius 2 is 2.00 bits per heavy atom. The molecule has 2 aromatic rings. The van der Waals surface area contributed by atoms with E-state index in [1.54, 1.807) is 13.2 Å². The summed E-state index contributed by atoms with van der Waals surface area (Å²) in [5, 5.41) is 0.942.